The SMILES string of the molecule is CSC1(CNC(=O)c2c(N)cnn2C)CCCCC1. The van der Waals surface area contributed by atoms with Gasteiger partial charge >= 0.3 is 0 Å². The molecule has 1 heterocycles. The Hall–Kier alpha value is -1.17. The Morgan fingerprint density at radius 3 is 2.74 bits per heavy atom. The zero-order chi connectivity index (χ0) is 13.9. The van der Waals surface area contributed by atoms with E-state index in [1.54, 1.807) is 7.05 Å². The maximum atomic E-state index is 12.2. The Morgan fingerprint density at radius 2 is 2.21 bits per heavy atom. The maximum absolute atomic E-state index is 12.2. The Balaban J connectivity index is 2.00. The second-order valence-electron chi connectivity index (χ2n) is 5.20. The molecular weight excluding hydrogens is 260 g/mol. The number of carbonyl (C=O) groups excluding carboxylic acids is 1. The fraction of sp³-hybridized carbons (Fsp3) is 0.692. The predicted octanol–water partition coefficient (Wildman–Crippen LogP) is 1.80. The molecule has 0 spiro atoms. The van der Waals surface area contributed by atoms with E-state index in [0.717, 1.165) is 0 Å². The molecule has 0 unspecified atom stereocenters. The van der Waals surface area contributed by atoms with Crippen LogP contribution in [0.25, 0.3) is 0 Å². The summed E-state index contributed by atoms with van der Waals surface area (Å²) in [7, 11) is 1.73. The minimum Gasteiger partial charge on any atom is -0.396 e. The molecular formula is C13H22N4OS. The second-order valence-corrected chi connectivity index (χ2v) is 6.48. The molecule has 5 nitrogen and oxygen atoms in total. The van der Waals surface area contributed by atoms with E-state index in [1.165, 1.54) is 43.0 Å². The predicted molar refractivity (Wildman–Crippen MR) is 79.3 cm³/mol. The lowest BCUT2D eigenvalue weighted by Crippen LogP contribution is -2.42. The topological polar surface area (TPSA) is 72.9 Å². The number of nitrogens with one attached hydrogen (secondary N) is 1. The smallest absolute Gasteiger partial charge is 0.271 e. The number of nitrogen functional groups attached to an aromatic ring is 1. The van der Waals surface area contributed by atoms with Crippen molar-refractivity contribution in [2.45, 2.75) is 36.9 Å². The first-order valence-corrected chi connectivity index (χ1v) is 7.91. The minimum absolute atomic E-state index is 0.128. The Kier molecular flexibility index (Phi) is 4.39. The lowest BCUT2D eigenvalue weighted by molar-refractivity contribution is 0.0938. The third-order valence-electron chi connectivity index (χ3n) is 3.95. The quantitative estimate of drug-likeness (QED) is 0.883. The van der Waals surface area contributed by atoms with Gasteiger partial charge in [0.25, 0.3) is 5.91 Å². The molecule has 2 rings (SSSR count). The molecule has 0 radical (unpaired) electrons. The van der Waals surface area contributed by atoms with Crippen LogP contribution >= 0.6 is 11.8 Å². The largest absolute Gasteiger partial charge is 0.396 e. The summed E-state index contributed by atoms with van der Waals surface area (Å²) in [5, 5.41) is 7.02. The van der Waals surface area contributed by atoms with Crippen LogP contribution in [0.3, 0.4) is 0 Å². The highest BCUT2D eigenvalue weighted by Gasteiger charge is 2.32. The van der Waals surface area contributed by atoms with Gasteiger partial charge in [0.1, 0.15) is 5.69 Å². The monoisotopic (exact) mass is 282 g/mol. The van der Waals surface area contributed by atoms with Crippen molar-refractivity contribution >= 4 is 23.4 Å². The van der Waals surface area contributed by atoms with Gasteiger partial charge in [-0.1, -0.05) is 19.3 Å². The van der Waals surface area contributed by atoms with E-state index >= 15 is 0 Å². The lowest BCUT2D eigenvalue weighted by atomic mass is 9.88. The highest BCUT2D eigenvalue weighted by Crippen LogP contribution is 2.38. The molecule has 0 aliphatic heterocycles. The standard InChI is InChI=1S/C13H22N4OS/c1-17-11(10(14)8-16-17)12(18)15-9-13(19-2)6-4-3-5-7-13/h8H,3-7,9,14H2,1-2H3,(H,15,18). The number of carbonyl (C=O) groups is 1. The summed E-state index contributed by atoms with van der Waals surface area (Å²) in [4.78, 5) is 12.2. The van der Waals surface area contributed by atoms with Crippen LogP contribution in [0.5, 0.6) is 0 Å². The van der Waals surface area contributed by atoms with Gasteiger partial charge < -0.3 is 11.1 Å². The number of aryl methyl sites for hydroxylation is 1. The summed E-state index contributed by atoms with van der Waals surface area (Å²) in [6.45, 7) is 0.706. The highest BCUT2D eigenvalue weighted by molar-refractivity contribution is 8.00. The Bertz CT molecular complexity index is 432. The van der Waals surface area contributed by atoms with Crippen molar-refractivity contribution in [1.29, 1.82) is 0 Å². The van der Waals surface area contributed by atoms with Crippen LogP contribution in [-0.2, 0) is 7.05 Å². The van der Waals surface area contributed by atoms with Crippen molar-refractivity contribution in [2.24, 2.45) is 7.05 Å². The summed E-state index contributed by atoms with van der Waals surface area (Å²) in [6.07, 6.45) is 9.82. The van der Waals surface area contributed by atoms with Crippen LogP contribution in [-0.4, -0.2) is 33.2 Å². The number of nitrogens with two attached hydrogens (primary N) is 1. The van der Waals surface area contributed by atoms with Gasteiger partial charge in [0, 0.05) is 18.3 Å². The number of rotatable bonds is 4. The van der Waals surface area contributed by atoms with Crippen molar-refractivity contribution in [2.75, 3.05) is 18.5 Å². The maximum Gasteiger partial charge on any atom is 0.271 e. The molecule has 1 amide bonds. The van der Waals surface area contributed by atoms with E-state index in [4.69, 9.17) is 5.73 Å². The molecule has 0 aromatic carbocycles. The van der Waals surface area contributed by atoms with Crippen LogP contribution < -0.4 is 11.1 Å². The van der Waals surface area contributed by atoms with Gasteiger partial charge in [0.15, 0.2) is 0 Å². The van der Waals surface area contributed by atoms with Crippen LogP contribution in [0.1, 0.15) is 42.6 Å². The number of anilines is 1. The van der Waals surface area contributed by atoms with Crippen LogP contribution in [0.15, 0.2) is 6.20 Å². The van der Waals surface area contributed by atoms with Crippen molar-refractivity contribution in [3.8, 4) is 0 Å². The van der Waals surface area contributed by atoms with Crippen molar-refractivity contribution in [3.63, 3.8) is 0 Å². The molecule has 1 fully saturated rings. The van der Waals surface area contributed by atoms with Gasteiger partial charge in [-0.3, -0.25) is 9.48 Å². The van der Waals surface area contributed by atoms with Crippen molar-refractivity contribution in [1.82, 2.24) is 15.1 Å². The van der Waals surface area contributed by atoms with Gasteiger partial charge in [0.05, 0.1) is 11.9 Å². The molecule has 0 bridgehead atoms. The van der Waals surface area contributed by atoms with E-state index in [-0.39, 0.29) is 10.7 Å². The highest BCUT2D eigenvalue weighted by atomic mass is 32.2. The number of aromatic nitrogens is 2. The molecule has 106 valence electrons. The fourth-order valence-corrected chi connectivity index (χ4v) is 3.62. The van der Waals surface area contributed by atoms with E-state index in [2.05, 4.69) is 16.7 Å². The van der Waals surface area contributed by atoms with Gasteiger partial charge in [0.2, 0.25) is 0 Å². The molecule has 0 saturated heterocycles. The number of hydrogen-bond donors (Lipinski definition) is 2. The summed E-state index contributed by atoms with van der Waals surface area (Å²) in [5.41, 5.74) is 6.65. The zero-order valence-corrected chi connectivity index (χ0v) is 12.4. The number of hydrogen-bond acceptors (Lipinski definition) is 4. The summed E-state index contributed by atoms with van der Waals surface area (Å²) in [5.74, 6) is -0.128. The summed E-state index contributed by atoms with van der Waals surface area (Å²) < 4.78 is 1.72. The first kappa shape index (κ1) is 14.2. The molecule has 1 saturated carbocycles. The van der Waals surface area contributed by atoms with Gasteiger partial charge in [-0.05, 0) is 19.1 Å². The Labute approximate surface area is 118 Å². The van der Waals surface area contributed by atoms with E-state index in [1.807, 2.05) is 11.8 Å². The fourth-order valence-electron chi connectivity index (χ4n) is 2.71. The molecule has 6 heteroatoms. The van der Waals surface area contributed by atoms with E-state index < -0.39 is 0 Å². The minimum atomic E-state index is -0.128. The molecule has 19 heavy (non-hydrogen) atoms. The molecule has 1 aromatic rings. The molecule has 3 N–H and O–H groups in total. The van der Waals surface area contributed by atoms with Crippen LogP contribution in [0.4, 0.5) is 5.69 Å². The molecule has 1 aromatic heterocycles. The lowest BCUT2D eigenvalue weighted by Gasteiger charge is -2.35. The first-order valence-electron chi connectivity index (χ1n) is 6.69. The number of thioether (sulfide) groups is 1. The van der Waals surface area contributed by atoms with E-state index in [9.17, 15) is 4.79 Å². The average molecular weight is 282 g/mol. The van der Waals surface area contributed by atoms with Crippen LogP contribution in [0.2, 0.25) is 0 Å². The van der Waals surface area contributed by atoms with Gasteiger partial charge in [-0.25, -0.2) is 0 Å². The first-order chi connectivity index (χ1) is 9.08. The summed E-state index contributed by atoms with van der Waals surface area (Å²) in [6, 6.07) is 0. The molecule has 1 aliphatic carbocycles. The summed E-state index contributed by atoms with van der Waals surface area (Å²) >= 11 is 1.87. The normalized spacial score (nSPS) is 18.2. The van der Waals surface area contributed by atoms with Gasteiger partial charge in [-0.15, -0.1) is 0 Å². The van der Waals surface area contributed by atoms with Crippen LogP contribution in [0, 0.1) is 0 Å². The Morgan fingerprint density at radius 1 is 1.53 bits per heavy atom. The van der Waals surface area contributed by atoms with Gasteiger partial charge in [-0.2, -0.15) is 16.9 Å². The number of amides is 1. The third-order valence-corrected chi connectivity index (χ3v) is 5.37. The molecule has 0 atom stereocenters. The van der Waals surface area contributed by atoms with E-state index in [0.29, 0.717) is 17.9 Å². The third kappa shape index (κ3) is 3.05. The average Bonchev–Trinajstić information content (AvgIpc) is 2.77. The number of nitrogens with zero attached hydrogens (tertiary/aromatic N) is 2. The second kappa shape index (κ2) is 5.86. The van der Waals surface area contributed by atoms with Crippen molar-refractivity contribution in [3.05, 3.63) is 11.9 Å². The zero-order valence-electron chi connectivity index (χ0n) is 11.6. The molecule has 1 aliphatic rings. The van der Waals surface area contributed by atoms with Crippen molar-refractivity contribution < 1.29 is 4.79 Å².